The summed E-state index contributed by atoms with van der Waals surface area (Å²) in [7, 11) is 0. The van der Waals surface area contributed by atoms with Crippen LogP contribution in [0, 0.1) is 5.92 Å². The first-order chi connectivity index (χ1) is 13.9. The van der Waals surface area contributed by atoms with Gasteiger partial charge in [-0.3, -0.25) is 14.5 Å². The van der Waals surface area contributed by atoms with Gasteiger partial charge in [-0.05, 0) is 68.6 Å². The van der Waals surface area contributed by atoms with Gasteiger partial charge in [0, 0.05) is 22.6 Å². The Labute approximate surface area is 172 Å². The van der Waals surface area contributed by atoms with Gasteiger partial charge in [0.2, 0.25) is 0 Å². The van der Waals surface area contributed by atoms with Crippen LogP contribution in [0.4, 0.5) is 14.5 Å². The van der Waals surface area contributed by atoms with Gasteiger partial charge < -0.3 is 10.6 Å². The van der Waals surface area contributed by atoms with Crippen molar-refractivity contribution in [3.8, 4) is 10.4 Å². The highest BCUT2D eigenvalue weighted by Crippen LogP contribution is 2.33. The molecule has 0 unspecified atom stereocenters. The van der Waals surface area contributed by atoms with Crippen molar-refractivity contribution in [2.24, 2.45) is 5.92 Å². The Bertz CT molecular complexity index is 890. The molecule has 29 heavy (non-hydrogen) atoms. The minimum atomic E-state index is -3.05. The number of rotatable bonds is 5. The highest BCUT2D eigenvalue weighted by Gasteiger charge is 2.40. The summed E-state index contributed by atoms with van der Waals surface area (Å²) in [5.74, 6) is -0.822. The minimum Gasteiger partial charge on any atom is -0.347 e. The van der Waals surface area contributed by atoms with Crippen molar-refractivity contribution in [1.29, 1.82) is 0 Å². The maximum Gasteiger partial charge on any atom is 0.315 e. The van der Waals surface area contributed by atoms with Crippen LogP contribution in [0.2, 0.25) is 0 Å². The second-order valence-electron chi connectivity index (χ2n) is 7.64. The van der Waals surface area contributed by atoms with Crippen LogP contribution in [0.25, 0.3) is 10.4 Å². The predicted octanol–water partition coefficient (Wildman–Crippen LogP) is 3.83. The number of nitrogens with one attached hydrogen (secondary N) is 2. The second kappa shape index (κ2) is 8.20. The summed E-state index contributed by atoms with van der Waals surface area (Å²) in [6, 6.07) is 10.9. The highest BCUT2D eigenvalue weighted by molar-refractivity contribution is 7.17. The Morgan fingerprint density at radius 2 is 1.79 bits per heavy atom. The molecule has 0 spiro atoms. The fourth-order valence-corrected chi connectivity index (χ4v) is 5.21. The zero-order valence-corrected chi connectivity index (χ0v) is 16.8. The quantitative estimate of drug-likeness (QED) is 0.774. The number of hydrogen-bond acceptors (Lipinski definition) is 4. The monoisotopic (exact) mass is 419 g/mol. The molecule has 0 aliphatic carbocycles. The first kappa shape index (κ1) is 20.0. The second-order valence-corrected chi connectivity index (χ2v) is 8.73. The van der Waals surface area contributed by atoms with E-state index in [0.29, 0.717) is 22.5 Å². The maximum atomic E-state index is 12.8. The zero-order chi connectivity index (χ0) is 20.5. The fraction of sp³-hybridized carbons (Fsp3) is 0.429. The van der Waals surface area contributed by atoms with E-state index in [1.165, 1.54) is 11.3 Å². The number of nitrogens with zero attached hydrogens (tertiary/aromatic N) is 1. The number of fused-ring (bicyclic) bond motifs is 3. The zero-order valence-electron chi connectivity index (χ0n) is 16.0. The molecule has 5 rings (SSSR count). The fourth-order valence-electron chi connectivity index (χ4n) is 4.30. The summed E-state index contributed by atoms with van der Waals surface area (Å²) in [5, 5.41) is 5.39. The van der Waals surface area contributed by atoms with Crippen molar-refractivity contribution in [2.45, 2.75) is 38.3 Å². The first-order valence-electron chi connectivity index (χ1n) is 9.76. The van der Waals surface area contributed by atoms with Gasteiger partial charge in [0.1, 0.15) is 0 Å². The molecule has 2 aromatic rings. The molecule has 0 saturated carbocycles. The summed E-state index contributed by atoms with van der Waals surface area (Å²) in [6.07, 6.45) is -0.772. The molecular formula is C21H23F2N3O2S. The summed E-state index contributed by atoms with van der Waals surface area (Å²) in [5.41, 5.74) is 1.17. The number of amides is 2. The summed E-state index contributed by atoms with van der Waals surface area (Å²) in [6.45, 7) is 4.43. The SMILES string of the molecule is C[C@H]1[C@H](NC(=O)c2ccc(-c3ccc(NC(=O)C(F)F)cc3)s2)C2CCN1CC2. The molecule has 2 bridgehead atoms. The van der Waals surface area contributed by atoms with Gasteiger partial charge in [-0.1, -0.05) is 12.1 Å². The van der Waals surface area contributed by atoms with E-state index in [9.17, 15) is 18.4 Å². The molecule has 8 heteroatoms. The lowest BCUT2D eigenvalue weighted by Crippen LogP contribution is -2.62. The van der Waals surface area contributed by atoms with Gasteiger partial charge in [-0.25, -0.2) is 0 Å². The topological polar surface area (TPSA) is 61.4 Å². The number of hydrogen-bond donors (Lipinski definition) is 2. The summed E-state index contributed by atoms with van der Waals surface area (Å²) < 4.78 is 24.7. The van der Waals surface area contributed by atoms with Gasteiger partial charge in [-0.2, -0.15) is 8.78 Å². The van der Waals surface area contributed by atoms with Crippen molar-refractivity contribution < 1.29 is 18.4 Å². The minimum absolute atomic E-state index is 0.0485. The lowest BCUT2D eigenvalue weighted by atomic mass is 9.79. The molecular weight excluding hydrogens is 396 g/mol. The predicted molar refractivity (Wildman–Crippen MR) is 109 cm³/mol. The average molecular weight is 419 g/mol. The highest BCUT2D eigenvalue weighted by atomic mass is 32.1. The van der Waals surface area contributed by atoms with E-state index in [0.717, 1.165) is 36.4 Å². The van der Waals surface area contributed by atoms with Gasteiger partial charge >= 0.3 is 6.43 Å². The molecule has 2 amide bonds. The van der Waals surface area contributed by atoms with Crippen LogP contribution in [0.15, 0.2) is 36.4 Å². The van der Waals surface area contributed by atoms with E-state index in [-0.39, 0.29) is 11.9 Å². The van der Waals surface area contributed by atoms with Crippen LogP contribution in [0.1, 0.15) is 29.4 Å². The van der Waals surface area contributed by atoms with E-state index >= 15 is 0 Å². The van der Waals surface area contributed by atoms with Crippen LogP contribution >= 0.6 is 11.3 Å². The summed E-state index contributed by atoms with van der Waals surface area (Å²) in [4.78, 5) is 27.9. The number of alkyl halides is 2. The maximum absolute atomic E-state index is 12.8. The van der Waals surface area contributed by atoms with E-state index < -0.39 is 12.3 Å². The molecule has 3 saturated heterocycles. The molecule has 154 valence electrons. The molecule has 1 aromatic carbocycles. The molecule has 3 aliphatic heterocycles. The first-order valence-corrected chi connectivity index (χ1v) is 10.6. The molecule has 3 fully saturated rings. The number of piperidine rings is 3. The van der Waals surface area contributed by atoms with Crippen LogP contribution in [-0.4, -0.2) is 48.3 Å². The number of benzene rings is 1. The molecule has 4 heterocycles. The lowest BCUT2D eigenvalue weighted by Gasteiger charge is -2.49. The Kier molecular flexibility index (Phi) is 5.65. The van der Waals surface area contributed by atoms with Gasteiger partial charge in [0.15, 0.2) is 0 Å². The molecule has 5 nitrogen and oxygen atoms in total. The molecule has 3 aliphatic rings. The van der Waals surface area contributed by atoms with Gasteiger partial charge in [0.05, 0.1) is 4.88 Å². The normalized spacial score (nSPS) is 25.8. The lowest BCUT2D eigenvalue weighted by molar-refractivity contribution is -0.126. The number of thiophene rings is 1. The average Bonchev–Trinajstić information content (AvgIpc) is 3.22. The van der Waals surface area contributed by atoms with Gasteiger partial charge in [-0.15, -0.1) is 11.3 Å². The number of anilines is 1. The van der Waals surface area contributed by atoms with E-state index in [2.05, 4.69) is 22.5 Å². The number of carbonyl (C=O) groups excluding carboxylic acids is 2. The molecule has 1 aromatic heterocycles. The molecule has 0 radical (unpaired) electrons. The smallest absolute Gasteiger partial charge is 0.315 e. The van der Waals surface area contributed by atoms with Crippen LogP contribution in [-0.2, 0) is 4.79 Å². The third kappa shape index (κ3) is 4.18. The number of halogens is 2. The standard InChI is InChI=1S/C21H23F2N3O2S/c1-12-18(14-8-10-26(12)11-9-14)25-20(27)17-7-6-16(29-17)13-2-4-15(5-3-13)24-21(28)19(22)23/h2-7,12,14,18-19H,8-11H2,1H3,(H,24,28)(H,25,27)/t12-,18-/m0/s1. The van der Waals surface area contributed by atoms with Crippen molar-refractivity contribution in [2.75, 3.05) is 18.4 Å². The molecule has 2 N–H and O–H groups in total. The van der Waals surface area contributed by atoms with Crippen molar-refractivity contribution in [3.05, 3.63) is 41.3 Å². The van der Waals surface area contributed by atoms with E-state index in [1.807, 2.05) is 12.1 Å². The van der Waals surface area contributed by atoms with Crippen LogP contribution in [0.5, 0.6) is 0 Å². The number of carbonyl (C=O) groups is 2. The third-order valence-electron chi connectivity index (χ3n) is 5.94. The Morgan fingerprint density at radius 1 is 1.10 bits per heavy atom. The Balaban J connectivity index is 1.41. The Morgan fingerprint density at radius 3 is 2.41 bits per heavy atom. The Hall–Kier alpha value is -2.32. The largest absolute Gasteiger partial charge is 0.347 e. The third-order valence-corrected chi connectivity index (χ3v) is 7.07. The van der Waals surface area contributed by atoms with E-state index in [1.54, 1.807) is 24.3 Å². The molecule has 2 atom stereocenters. The summed E-state index contributed by atoms with van der Waals surface area (Å²) >= 11 is 1.40. The van der Waals surface area contributed by atoms with Crippen LogP contribution in [0.3, 0.4) is 0 Å². The van der Waals surface area contributed by atoms with Crippen LogP contribution < -0.4 is 10.6 Å². The van der Waals surface area contributed by atoms with Crippen molar-refractivity contribution >= 4 is 28.8 Å². The van der Waals surface area contributed by atoms with Gasteiger partial charge in [0.25, 0.3) is 11.8 Å². The van der Waals surface area contributed by atoms with Crippen molar-refractivity contribution in [1.82, 2.24) is 10.2 Å². The van der Waals surface area contributed by atoms with E-state index in [4.69, 9.17) is 0 Å². The van der Waals surface area contributed by atoms with Crippen molar-refractivity contribution in [3.63, 3.8) is 0 Å².